The molecular formula is C20H20ClN5O4S2. The largest absolute Gasteiger partial charge is 0.616 e. The van der Waals surface area contributed by atoms with Crippen molar-refractivity contribution in [2.24, 2.45) is 0 Å². The van der Waals surface area contributed by atoms with Gasteiger partial charge in [0.05, 0.1) is 18.9 Å². The minimum atomic E-state index is -0.763. The topological polar surface area (TPSA) is 122 Å². The summed E-state index contributed by atoms with van der Waals surface area (Å²) in [5.41, 5.74) is 2.28. The molecule has 1 aliphatic rings. The molecule has 1 fully saturated rings. The zero-order valence-corrected chi connectivity index (χ0v) is 19.7. The lowest BCUT2D eigenvalue weighted by Crippen LogP contribution is -2.30. The summed E-state index contributed by atoms with van der Waals surface area (Å²) in [4.78, 5) is 21.4. The molecule has 3 aromatic heterocycles. The smallest absolute Gasteiger partial charge is 0.296 e. The van der Waals surface area contributed by atoms with Crippen LogP contribution in [0.4, 0.5) is 5.13 Å². The number of carbonyl (C=O) groups is 1. The standard InChI is InChI=1S/C20H20ClN5O4S2/c1-11-7-13(14-8-17(21)23-10-16(14)29-2)15(9-22-11)18(27)24-19-25-26-20(31-19)30-12-3-5-32(28)6-4-12/h7-10,12H,3-6H2,1-2H3,(H,24,25,27). The fourth-order valence-corrected chi connectivity index (χ4v) is 5.33. The Morgan fingerprint density at radius 1 is 1.22 bits per heavy atom. The number of anilines is 1. The van der Waals surface area contributed by atoms with Crippen molar-refractivity contribution in [1.82, 2.24) is 20.2 Å². The number of aromatic nitrogens is 4. The summed E-state index contributed by atoms with van der Waals surface area (Å²) in [7, 11) is 1.52. The van der Waals surface area contributed by atoms with Crippen molar-refractivity contribution in [2.75, 3.05) is 23.9 Å². The molecule has 0 aliphatic carbocycles. The molecule has 12 heteroatoms. The molecule has 4 heterocycles. The number of nitrogens with zero attached hydrogens (tertiary/aromatic N) is 4. The summed E-state index contributed by atoms with van der Waals surface area (Å²) in [5.74, 6) is 1.32. The van der Waals surface area contributed by atoms with Gasteiger partial charge in [-0.1, -0.05) is 27.9 Å². The molecule has 1 aliphatic heterocycles. The highest BCUT2D eigenvalue weighted by atomic mass is 35.5. The molecule has 9 nitrogen and oxygen atoms in total. The molecule has 1 N–H and O–H groups in total. The second-order valence-corrected chi connectivity index (χ2v) is 10.1. The fraction of sp³-hybridized carbons (Fsp3) is 0.350. The van der Waals surface area contributed by atoms with Crippen LogP contribution in [0.25, 0.3) is 11.1 Å². The molecule has 168 valence electrons. The van der Waals surface area contributed by atoms with Gasteiger partial charge < -0.3 is 14.0 Å². The molecule has 0 saturated carbocycles. The molecule has 4 rings (SSSR count). The molecular weight excluding hydrogens is 474 g/mol. The molecule has 1 saturated heterocycles. The maximum Gasteiger partial charge on any atom is 0.296 e. The van der Waals surface area contributed by atoms with Crippen molar-refractivity contribution in [1.29, 1.82) is 0 Å². The Hall–Kier alpha value is -2.47. The second-order valence-electron chi connectivity index (χ2n) is 7.07. The first kappa shape index (κ1) is 22.7. The average molecular weight is 494 g/mol. The number of methoxy groups -OCH3 is 1. The molecule has 0 spiro atoms. The van der Waals surface area contributed by atoms with E-state index in [9.17, 15) is 9.35 Å². The zero-order valence-electron chi connectivity index (χ0n) is 17.3. The van der Waals surface area contributed by atoms with E-state index in [0.717, 1.165) is 17.0 Å². The van der Waals surface area contributed by atoms with Crippen LogP contribution in [-0.4, -0.2) is 55.3 Å². The normalized spacial score (nSPS) is 18.2. The van der Waals surface area contributed by atoms with Gasteiger partial charge in [-0.2, -0.15) is 0 Å². The highest BCUT2D eigenvalue weighted by molar-refractivity contribution is 7.91. The van der Waals surface area contributed by atoms with Crippen molar-refractivity contribution < 1.29 is 18.8 Å². The molecule has 3 aromatic rings. The first-order chi connectivity index (χ1) is 15.4. The van der Waals surface area contributed by atoms with E-state index in [1.807, 2.05) is 6.92 Å². The summed E-state index contributed by atoms with van der Waals surface area (Å²) in [6.45, 7) is 1.83. The van der Waals surface area contributed by atoms with Gasteiger partial charge in [0.15, 0.2) is 0 Å². The third-order valence-electron chi connectivity index (χ3n) is 4.86. The van der Waals surface area contributed by atoms with Crippen LogP contribution in [0, 0.1) is 6.92 Å². The van der Waals surface area contributed by atoms with Gasteiger partial charge >= 0.3 is 0 Å². The van der Waals surface area contributed by atoms with Crippen molar-refractivity contribution in [2.45, 2.75) is 25.9 Å². The van der Waals surface area contributed by atoms with Crippen LogP contribution in [0.3, 0.4) is 0 Å². The maximum absolute atomic E-state index is 13.1. The lowest BCUT2D eigenvalue weighted by Gasteiger charge is -2.23. The minimum absolute atomic E-state index is 0.0407. The van der Waals surface area contributed by atoms with Crippen LogP contribution in [0.2, 0.25) is 5.15 Å². The molecule has 0 aromatic carbocycles. The van der Waals surface area contributed by atoms with E-state index in [1.165, 1.54) is 19.5 Å². The van der Waals surface area contributed by atoms with Crippen LogP contribution in [0.1, 0.15) is 28.9 Å². The molecule has 0 atom stereocenters. The number of halogens is 1. The van der Waals surface area contributed by atoms with E-state index in [4.69, 9.17) is 21.1 Å². The summed E-state index contributed by atoms with van der Waals surface area (Å²) in [5, 5.41) is 11.7. The predicted octanol–water partition coefficient (Wildman–Crippen LogP) is 3.51. The van der Waals surface area contributed by atoms with E-state index in [1.54, 1.807) is 12.1 Å². The Morgan fingerprint density at radius 2 is 2.00 bits per heavy atom. The number of hydrogen-bond donors (Lipinski definition) is 1. The molecule has 1 amide bonds. The Balaban J connectivity index is 1.54. The lowest BCUT2D eigenvalue weighted by atomic mass is 10.0. The Labute approximate surface area is 196 Å². The van der Waals surface area contributed by atoms with Gasteiger partial charge in [0.1, 0.15) is 28.5 Å². The summed E-state index contributed by atoms with van der Waals surface area (Å²) < 4.78 is 22.7. The highest BCUT2D eigenvalue weighted by Crippen LogP contribution is 2.34. The van der Waals surface area contributed by atoms with E-state index in [2.05, 4.69) is 25.5 Å². The monoisotopic (exact) mass is 493 g/mol. The van der Waals surface area contributed by atoms with E-state index in [-0.39, 0.29) is 11.3 Å². The molecule has 0 radical (unpaired) electrons. The summed E-state index contributed by atoms with van der Waals surface area (Å²) >= 11 is 6.46. The minimum Gasteiger partial charge on any atom is -0.616 e. The van der Waals surface area contributed by atoms with Crippen LogP contribution in [-0.2, 0) is 11.2 Å². The number of nitrogens with one attached hydrogen (secondary N) is 1. The first-order valence-electron chi connectivity index (χ1n) is 9.76. The summed E-state index contributed by atoms with van der Waals surface area (Å²) in [6, 6.07) is 3.42. The van der Waals surface area contributed by atoms with E-state index in [0.29, 0.717) is 57.1 Å². The third-order valence-corrected chi connectivity index (χ3v) is 7.18. The van der Waals surface area contributed by atoms with Gasteiger partial charge in [0.2, 0.25) is 5.13 Å². The fourth-order valence-electron chi connectivity index (χ4n) is 3.26. The molecule has 32 heavy (non-hydrogen) atoms. The first-order valence-corrected chi connectivity index (χ1v) is 12.4. The van der Waals surface area contributed by atoms with Gasteiger partial charge in [-0.3, -0.25) is 15.1 Å². The summed E-state index contributed by atoms with van der Waals surface area (Å²) in [6.07, 6.45) is 4.38. The van der Waals surface area contributed by atoms with Crippen LogP contribution in [0.5, 0.6) is 10.9 Å². The average Bonchev–Trinajstić information content (AvgIpc) is 3.21. The van der Waals surface area contributed by atoms with Gasteiger partial charge in [-0.05, 0) is 30.4 Å². The second kappa shape index (κ2) is 9.99. The predicted molar refractivity (Wildman–Crippen MR) is 123 cm³/mol. The number of pyridine rings is 2. The number of hydrogen-bond acceptors (Lipinski definition) is 9. The van der Waals surface area contributed by atoms with Crippen LogP contribution >= 0.6 is 22.9 Å². The van der Waals surface area contributed by atoms with Crippen molar-refractivity contribution in [3.63, 3.8) is 0 Å². The number of amides is 1. The number of rotatable bonds is 6. The number of aryl methyl sites for hydroxylation is 1. The molecule has 0 unspecified atom stereocenters. The van der Waals surface area contributed by atoms with Gasteiger partial charge in [-0.15, -0.1) is 5.10 Å². The highest BCUT2D eigenvalue weighted by Gasteiger charge is 2.25. The molecule has 0 bridgehead atoms. The van der Waals surface area contributed by atoms with Crippen molar-refractivity contribution >= 4 is 45.2 Å². The van der Waals surface area contributed by atoms with Gasteiger partial charge in [0, 0.05) is 35.9 Å². The SMILES string of the molecule is COc1cnc(Cl)cc1-c1cc(C)ncc1C(=O)Nc1nnc(OC2CC[S+]([O-])CC2)s1. The Kier molecular flexibility index (Phi) is 7.09. The Morgan fingerprint density at radius 3 is 2.75 bits per heavy atom. The van der Waals surface area contributed by atoms with Gasteiger partial charge in [0.25, 0.3) is 11.1 Å². The van der Waals surface area contributed by atoms with E-state index >= 15 is 0 Å². The zero-order chi connectivity index (χ0) is 22.7. The van der Waals surface area contributed by atoms with E-state index < -0.39 is 17.1 Å². The third kappa shape index (κ3) is 5.29. The lowest BCUT2D eigenvalue weighted by molar-refractivity contribution is 0.102. The number of carbonyl (C=O) groups excluding carboxylic acids is 1. The van der Waals surface area contributed by atoms with Gasteiger partial charge in [-0.25, -0.2) is 4.98 Å². The quantitative estimate of drug-likeness (QED) is 0.409. The maximum atomic E-state index is 13.1. The van der Waals surface area contributed by atoms with Crippen LogP contribution in [0.15, 0.2) is 24.5 Å². The Bertz CT molecular complexity index is 1120. The number of ether oxygens (including phenoxy) is 2. The van der Waals surface area contributed by atoms with Crippen LogP contribution < -0.4 is 14.8 Å². The van der Waals surface area contributed by atoms with Crippen molar-refractivity contribution in [3.8, 4) is 22.1 Å². The van der Waals surface area contributed by atoms with Crippen molar-refractivity contribution in [3.05, 3.63) is 40.9 Å².